The van der Waals surface area contributed by atoms with Crippen LogP contribution in [0.5, 0.6) is 0 Å². The molecule has 21 heavy (non-hydrogen) atoms. The summed E-state index contributed by atoms with van der Waals surface area (Å²) in [6.07, 6.45) is 6.90. The predicted molar refractivity (Wildman–Crippen MR) is 89.8 cm³/mol. The molecule has 0 aliphatic heterocycles. The van der Waals surface area contributed by atoms with Crippen molar-refractivity contribution < 1.29 is 4.74 Å². The summed E-state index contributed by atoms with van der Waals surface area (Å²) in [7, 11) is 1.77. The van der Waals surface area contributed by atoms with E-state index in [0.29, 0.717) is 0 Å². The highest BCUT2D eigenvalue weighted by atomic mass is 16.5. The third kappa shape index (κ3) is 5.44. The van der Waals surface area contributed by atoms with E-state index in [1.165, 1.54) is 48.8 Å². The average Bonchev–Trinajstić information content (AvgIpc) is 2.95. The van der Waals surface area contributed by atoms with Crippen LogP contribution in [-0.4, -0.2) is 26.8 Å². The van der Waals surface area contributed by atoms with Crippen molar-refractivity contribution in [3.05, 3.63) is 34.9 Å². The molecule has 0 aromatic heterocycles. The lowest BCUT2D eigenvalue weighted by Gasteiger charge is -2.24. The van der Waals surface area contributed by atoms with Crippen molar-refractivity contribution in [3.63, 3.8) is 0 Å². The van der Waals surface area contributed by atoms with E-state index in [9.17, 15) is 0 Å². The maximum absolute atomic E-state index is 5.14. The highest BCUT2D eigenvalue weighted by molar-refractivity contribution is 5.28. The maximum atomic E-state index is 5.14. The molecule has 118 valence electrons. The molecule has 0 amide bonds. The SMILES string of the molecule is COCCNCC(Cc1cc(C)cc(C)c1)C1CCCC1. The summed E-state index contributed by atoms with van der Waals surface area (Å²) in [6, 6.07) is 7.00. The molecule has 1 fully saturated rings. The third-order valence-electron chi connectivity index (χ3n) is 4.74. The van der Waals surface area contributed by atoms with Gasteiger partial charge in [-0.25, -0.2) is 0 Å². The highest BCUT2D eigenvalue weighted by Crippen LogP contribution is 2.33. The molecule has 0 spiro atoms. The molecule has 2 nitrogen and oxygen atoms in total. The van der Waals surface area contributed by atoms with Crippen LogP contribution < -0.4 is 5.32 Å². The molecule has 0 bridgehead atoms. The van der Waals surface area contributed by atoms with Crippen LogP contribution in [0.2, 0.25) is 0 Å². The molecule has 1 aromatic rings. The monoisotopic (exact) mass is 289 g/mol. The first-order valence-corrected chi connectivity index (χ1v) is 8.46. The molecule has 0 radical (unpaired) electrons. The Labute approximate surface area is 130 Å². The molecule has 2 heteroatoms. The Balaban J connectivity index is 1.96. The van der Waals surface area contributed by atoms with E-state index in [0.717, 1.165) is 31.5 Å². The van der Waals surface area contributed by atoms with Gasteiger partial charge in [0.1, 0.15) is 0 Å². The molecular weight excluding hydrogens is 258 g/mol. The first kappa shape index (κ1) is 16.5. The molecule has 2 rings (SSSR count). The van der Waals surface area contributed by atoms with Crippen LogP contribution in [0.1, 0.15) is 42.4 Å². The van der Waals surface area contributed by atoms with E-state index >= 15 is 0 Å². The minimum Gasteiger partial charge on any atom is -0.383 e. The number of hydrogen-bond donors (Lipinski definition) is 1. The molecule has 1 aromatic carbocycles. The molecule has 1 N–H and O–H groups in total. The number of nitrogens with one attached hydrogen (secondary N) is 1. The van der Waals surface area contributed by atoms with E-state index in [4.69, 9.17) is 4.74 Å². The second-order valence-corrected chi connectivity index (χ2v) is 6.70. The Morgan fingerprint density at radius 1 is 1.14 bits per heavy atom. The Kier molecular flexibility index (Phi) is 6.72. The van der Waals surface area contributed by atoms with E-state index < -0.39 is 0 Å². The van der Waals surface area contributed by atoms with Crippen molar-refractivity contribution in [3.8, 4) is 0 Å². The Morgan fingerprint density at radius 3 is 2.43 bits per heavy atom. The molecule has 0 heterocycles. The molecule has 0 saturated heterocycles. The lowest BCUT2D eigenvalue weighted by molar-refractivity contribution is 0.195. The van der Waals surface area contributed by atoms with Crippen molar-refractivity contribution in [2.24, 2.45) is 11.8 Å². The minimum atomic E-state index is 0.769. The van der Waals surface area contributed by atoms with Crippen molar-refractivity contribution >= 4 is 0 Å². The zero-order chi connectivity index (χ0) is 15.1. The van der Waals surface area contributed by atoms with Gasteiger partial charge in [0.05, 0.1) is 6.61 Å². The quantitative estimate of drug-likeness (QED) is 0.733. The number of aryl methyl sites for hydroxylation is 2. The average molecular weight is 289 g/mol. The van der Waals surface area contributed by atoms with Crippen LogP contribution in [0, 0.1) is 25.7 Å². The number of ether oxygens (including phenoxy) is 1. The number of methoxy groups -OCH3 is 1. The van der Waals surface area contributed by atoms with E-state index in [1.54, 1.807) is 7.11 Å². The van der Waals surface area contributed by atoms with E-state index in [2.05, 4.69) is 37.4 Å². The largest absolute Gasteiger partial charge is 0.383 e. The standard InChI is InChI=1S/C19H31NO/c1-15-10-16(2)12-17(11-15)13-19(14-20-8-9-21-3)18-6-4-5-7-18/h10-12,18-20H,4-9,13-14H2,1-3H3. The zero-order valence-corrected chi connectivity index (χ0v) is 14.0. The fourth-order valence-electron chi connectivity index (χ4n) is 3.79. The van der Waals surface area contributed by atoms with Gasteiger partial charge < -0.3 is 10.1 Å². The molecule has 1 aliphatic rings. The first-order chi connectivity index (χ1) is 10.2. The number of benzene rings is 1. The Bertz CT molecular complexity index is 403. The summed E-state index contributed by atoms with van der Waals surface area (Å²) in [6.45, 7) is 7.31. The normalized spacial score (nSPS) is 17.3. The van der Waals surface area contributed by atoms with Gasteiger partial charge >= 0.3 is 0 Å². The zero-order valence-electron chi connectivity index (χ0n) is 14.0. The fraction of sp³-hybridized carbons (Fsp3) is 0.684. The van der Waals surface area contributed by atoms with Crippen LogP contribution >= 0.6 is 0 Å². The highest BCUT2D eigenvalue weighted by Gasteiger charge is 2.24. The van der Waals surface area contributed by atoms with Crippen LogP contribution in [-0.2, 0) is 11.2 Å². The molecule has 1 unspecified atom stereocenters. The van der Waals surface area contributed by atoms with Crippen molar-refractivity contribution in [1.29, 1.82) is 0 Å². The van der Waals surface area contributed by atoms with Gasteiger partial charge in [-0.3, -0.25) is 0 Å². The predicted octanol–water partition coefficient (Wildman–Crippen LogP) is 3.89. The Hall–Kier alpha value is -0.860. The van der Waals surface area contributed by atoms with Gasteiger partial charge in [0, 0.05) is 13.7 Å². The van der Waals surface area contributed by atoms with Gasteiger partial charge in [0.2, 0.25) is 0 Å². The number of hydrogen-bond acceptors (Lipinski definition) is 2. The van der Waals surface area contributed by atoms with Gasteiger partial charge in [0.25, 0.3) is 0 Å². The lowest BCUT2D eigenvalue weighted by atomic mass is 9.85. The fourth-order valence-corrected chi connectivity index (χ4v) is 3.79. The summed E-state index contributed by atoms with van der Waals surface area (Å²) >= 11 is 0. The van der Waals surface area contributed by atoms with E-state index in [-0.39, 0.29) is 0 Å². The molecule has 1 saturated carbocycles. The summed E-state index contributed by atoms with van der Waals surface area (Å²) < 4.78 is 5.14. The van der Waals surface area contributed by atoms with Crippen molar-refractivity contribution in [1.82, 2.24) is 5.32 Å². The Morgan fingerprint density at radius 2 is 1.81 bits per heavy atom. The summed E-state index contributed by atoms with van der Waals surface area (Å²) in [5, 5.41) is 3.59. The molecule has 1 aliphatic carbocycles. The summed E-state index contributed by atoms with van der Waals surface area (Å²) in [5.41, 5.74) is 4.29. The third-order valence-corrected chi connectivity index (χ3v) is 4.74. The van der Waals surface area contributed by atoms with Crippen LogP contribution in [0.15, 0.2) is 18.2 Å². The first-order valence-electron chi connectivity index (χ1n) is 8.46. The van der Waals surface area contributed by atoms with E-state index in [1.807, 2.05) is 0 Å². The summed E-state index contributed by atoms with van der Waals surface area (Å²) in [4.78, 5) is 0. The van der Waals surface area contributed by atoms with Gasteiger partial charge in [-0.05, 0) is 44.2 Å². The maximum Gasteiger partial charge on any atom is 0.0587 e. The number of rotatable bonds is 8. The molecular formula is C19H31NO. The smallest absolute Gasteiger partial charge is 0.0587 e. The molecule has 1 atom stereocenters. The summed E-state index contributed by atoms with van der Waals surface area (Å²) in [5.74, 6) is 1.67. The van der Waals surface area contributed by atoms with Crippen molar-refractivity contribution in [2.75, 3.05) is 26.8 Å². The van der Waals surface area contributed by atoms with Crippen LogP contribution in [0.3, 0.4) is 0 Å². The van der Waals surface area contributed by atoms with Gasteiger partial charge in [-0.1, -0.05) is 55.0 Å². The lowest BCUT2D eigenvalue weighted by Crippen LogP contribution is -2.31. The second kappa shape index (κ2) is 8.55. The second-order valence-electron chi connectivity index (χ2n) is 6.70. The van der Waals surface area contributed by atoms with Crippen LogP contribution in [0.25, 0.3) is 0 Å². The minimum absolute atomic E-state index is 0.769. The van der Waals surface area contributed by atoms with Gasteiger partial charge in [-0.2, -0.15) is 0 Å². The van der Waals surface area contributed by atoms with Gasteiger partial charge in [0.15, 0.2) is 0 Å². The van der Waals surface area contributed by atoms with Gasteiger partial charge in [-0.15, -0.1) is 0 Å². The van der Waals surface area contributed by atoms with Crippen molar-refractivity contribution in [2.45, 2.75) is 46.0 Å². The topological polar surface area (TPSA) is 21.3 Å². The van der Waals surface area contributed by atoms with Crippen LogP contribution in [0.4, 0.5) is 0 Å².